The van der Waals surface area contributed by atoms with E-state index in [2.05, 4.69) is 21.9 Å². The summed E-state index contributed by atoms with van der Waals surface area (Å²) in [4.78, 5) is 4.75. The average molecular weight is 335 g/mol. The molecule has 2 aromatic rings. The maximum absolute atomic E-state index is 10.6. The van der Waals surface area contributed by atoms with E-state index in [9.17, 15) is 5.11 Å². The second kappa shape index (κ2) is 6.91. The molecule has 124 valence electrons. The summed E-state index contributed by atoms with van der Waals surface area (Å²) < 4.78 is 1.70. The fourth-order valence-corrected chi connectivity index (χ4v) is 3.21. The van der Waals surface area contributed by atoms with Gasteiger partial charge in [-0.05, 0) is 31.7 Å². The van der Waals surface area contributed by atoms with Gasteiger partial charge in [0.25, 0.3) is 0 Å². The summed E-state index contributed by atoms with van der Waals surface area (Å²) in [5.41, 5.74) is 2.49. The zero-order chi connectivity index (χ0) is 16.4. The minimum absolute atomic E-state index is 0.221. The maximum atomic E-state index is 10.6. The highest BCUT2D eigenvalue weighted by molar-refractivity contribution is 6.30. The fraction of sp³-hybridized carbons (Fsp3) is 0.471. The first kappa shape index (κ1) is 16.3. The maximum Gasteiger partial charge on any atom is 0.217 e. The van der Waals surface area contributed by atoms with Crippen molar-refractivity contribution in [1.82, 2.24) is 19.6 Å². The minimum Gasteiger partial charge on any atom is -0.493 e. The molecule has 1 aliphatic rings. The highest BCUT2D eigenvalue weighted by Gasteiger charge is 2.18. The van der Waals surface area contributed by atoms with Crippen LogP contribution in [-0.4, -0.2) is 64.5 Å². The number of rotatable bonds is 4. The van der Waals surface area contributed by atoms with Gasteiger partial charge in [-0.1, -0.05) is 23.7 Å². The Kier molecular flexibility index (Phi) is 4.90. The zero-order valence-corrected chi connectivity index (χ0v) is 14.4. The molecule has 0 atom stereocenters. The molecule has 2 heterocycles. The molecule has 5 nitrogen and oxygen atoms in total. The van der Waals surface area contributed by atoms with Crippen molar-refractivity contribution in [3.05, 3.63) is 35.0 Å². The molecule has 3 rings (SSSR count). The Bertz CT molecular complexity index is 677. The number of hydrogen-bond donors (Lipinski definition) is 1. The van der Waals surface area contributed by atoms with E-state index in [-0.39, 0.29) is 5.88 Å². The summed E-state index contributed by atoms with van der Waals surface area (Å²) in [6, 6.07) is 7.52. The van der Waals surface area contributed by atoms with E-state index in [0.29, 0.717) is 11.6 Å². The van der Waals surface area contributed by atoms with Crippen LogP contribution >= 0.6 is 11.6 Å². The molecule has 1 saturated heterocycles. The highest BCUT2D eigenvalue weighted by atomic mass is 35.5. The van der Waals surface area contributed by atoms with Crippen molar-refractivity contribution in [3.63, 3.8) is 0 Å². The second-order valence-corrected chi connectivity index (χ2v) is 6.60. The lowest BCUT2D eigenvalue weighted by molar-refractivity contribution is 0.147. The third-order valence-corrected chi connectivity index (χ3v) is 4.67. The first-order valence-electron chi connectivity index (χ1n) is 7.98. The van der Waals surface area contributed by atoms with Crippen LogP contribution in [0.5, 0.6) is 5.88 Å². The molecular weight excluding hydrogens is 312 g/mol. The summed E-state index contributed by atoms with van der Waals surface area (Å²) >= 11 is 6.06. The number of piperazine rings is 1. The van der Waals surface area contributed by atoms with Gasteiger partial charge in [0.05, 0.1) is 17.8 Å². The van der Waals surface area contributed by atoms with Crippen LogP contribution in [0, 0.1) is 6.92 Å². The predicted octanol–water partition coefficient (Wildman–Crippen LogP) is 2.46. The SMILES string of the molecule is Cc1nn(CCN2CCN(C)CC2)c(O)c1-c1cccc(Cl)c1. The highest BCUT2D eigenvalue weighted by Crippen LogP contribution is 2.33. The molecule has 0 radical (unpaired) electrons. The summed E-state index contributed by atoms with van der Waals surface area (Å²) in [5, 5.41) is 15.7. The first-order chi connectivity index (χ1) is 11.0. The van der Waals surface area contributed by atoms with Crippen molar-refractivity contribution < 1.29 is 5.11 Å². The summed E-state index contributed by atoms with van der Waals surface area (Å²) in [5.74, 6) is 0.221. The molecule has 0 spiro atoms. The number of halogens is 1. The second-order valence-electron chi connectivity index (χ2n) is 6.16. The van der Waals surface area contributed by atoms with E-state index in [1.807, 2.05) is 31.2 Å². The molecule has 1 aromatic carbocycles. The van der Waals surface area contributed by atoms with Gasteiger partial charge in [0.15, 0.2) is 0 Å². The number of aryl methyl sites for hydroxylation is 1. The van der Waals surface area contributed by atoms with Gasteiger partial charge in [0.1, 0.15) is 0 Å². The third kappa shape index (κ3) is 3.68. The van der Waals surface area contributed by atoms with E-state index >= 15 is 0 Å². The smallest absolute Gasteiger partial charge is 0.217 e. The number of hydrogen-bond acceptors (Lipinski definition) is 4. The molecular formula is C17H23ClN4O. The molecule has 1 fully saturated rings. The molecule has 0 aliphatic carbocycles. The monoisotopic (exact) mass is 334 g/mol. The van der Waals surface area contributed by atoms with E-state index in [1.54, 1.807) is 4.68 Å². The molecule has 1 N–H and O–H groups in total. The van der Waals surface area contributed by atoms with Gasteiger partial charge in [-0.2, -0.15) is 5.10 Å². The Hall–Kier alpha value is -1.56. The van der Waals surface area contributed by atoms with Crippen molar-refractivity contribution in [3.8, 4) is 17.0 Å². The van der Waals surface area contributed by atoms with Gasteiger partial charge in [0, 0.05) is 37.7 Å². The predicted molar refractivity (Wildman–Crippen MR) is 93.0 cm³/mol. The fourth-order valence-electron chi connectivity index (χ4n) is 3.01. The van der Waals surface area contributed by atoms with Crippen LogP contribution in [0.2, 0.25) is 5.02 Å². The van der Waals surface area contributed by atoms with Crippen LogP contribution in [0.25, 0.3) is 11.1 Å². The minimum atomic E-state index is 0.221. The van der Waals surface area contributed by atoms with E-state index < -0.39 is 0 Å². The lowest BCUT2D eigenvalue weighted by atomic mass is 10.1. The lowest BCUT2D eigenvalue weighted by Gasteiger charge is -2.32. The van der Waals surface area contributed by atoms with Gasteiger partial charge in [-0.25, -0.2) is 4.68 Å². The largest absolute Gasteiger partial charge is 0.493 e. The number of likely N-dealkylation sites (N-methyl/N-ethyl adjacent to an activating group) is 1. The zero-order valence-electron chi connectivity index (χ0n) is 13.7. The van der Waals surface area contributed by atoms with Gasteiger partial charge in [-0.15, -0.1) is 0 Å². The number of aromatic hydroxyl groups is 1. The van der Waals surface area contributed by atoms with Crippen LogP contribution in [-0.2, 0) is 6.54 Å². The van der Waals surface area contributed by atoms with Gasteiger partial charge < -0.3 is 10.0 Å². The van der Waals surface area contributed by atoms with E-state index in [4.69, 9.17) is 11.6 Å². The average Bonchev–Trinajstić information content (AvgIpc) is 2.81. The van der Waals surface area contributed by atoms with E-state index in [1.165, 1.54) is 0 Å². The molecule has 0 bridgehead atoms. The summed E-state index contributed by atoms with van der Waals surface area (Å²) in [7, 11) is 2.15. The molecule has 0 amide bonds. The Morgan fingerprint density at radius 3 is 2.61 bits per heavy atom. The van der Waals surface area contributed by atoms with Crippen molar-refractivity contribution in [2.75, 3.05) is 39.8 Å². The van der Waals surface area contributed by atoms with Crippen LogP contribution in [0.1, 0.15) is 5.69 Å². The Morgan fingerprint density at radius 2 is 1.91 bits per heavy atom. The topological polar surface area (TPSA) is 44.5 Å². The third-order valence-electron chi connectivity index (χ3n) is 4.44. The van der Waals surface area contributed by atoms with Crippen molar-refractivity contribution in [1.29, 1.82) is 0 Å². The number of aromatic nitrogens is 2. The van der Waals surface area contributed by atoms with Crippen LogP contribution in [0.3, 0.4) is 0 Å². The van der Waals surface area contributed by atoms with Gasteiger partial charge in [0.2, 0.25) is 5.88 Å². The Morgan fingerprint density at radius 1 is 1.17 bits per heavy atom. The summed E-state index contributed by atoms with van der Waals surface area (Å²) in [6.07, 6.45) is 0. The molecule has 23 heavy (non-hydrogen) atoms. The Labute approximate surface area is 142 Å². The van der Waals surface area contributed by atoms with Crippen LogP contribution < -0.4 is 0 Å². The standard InChI is InChI=1S/C17H23ClN4O/c1-13-16(14-4-3-5-15(18)12-14)17(23)22(19-13)11-10-21-8-6-20(2)7-9-21/h3-5,12,23H,6-11H2,1-2H3. The summed E-state index contributed by atoms with van der Waals surface area (Å²) in [6.45, 7) is 7.84. The number of nitrogens with zero attached hydrogens (tertiary/aromatic N) is 4. The molecule has 0 unspecified atom stereocenters. The normalized spacial score (nSPS) is 16.8. The molecule has 1 aromatic heterocycles. The quantitative estimate of drug-likeness (QED) is 0.933. The number of benzene rings is 1. The first-order valence-corrected chi connectivity index (χ1v) is 8.35. The molecule has 0 saturated carbocycles. The Balaban J connectivity index is 1.73. The van der Waals surface area contributed by atoms with Crippen molar-refractivity contribution in [2.24, 2.45) is 0 Å². The van der Waals surface area contributed by atoms with Crippen molar-refractivity contribution >= 4 is 11.6 Å². The van der Waals surface area contributed by atoms with Crippen LogP contribution in [0.4, 0.5) is 0 Å². The van der Waals surface area contributed by atoms with Crippen LogP contribution in [0.15, 0.2) is 24.3 Å². The molecule has 1 aliphatic heterocycles. The molecule has 6 heteroatoms. The lowest BCUT2D eigenvalue weighted by Crippen LogP contribution is -2.45. The van der Waals surface area contributed by atoms with E-state index in [0.717, 1.165) is 49.5 Å². The van der Waals surface area contributed by atoms with Gasteiger partial charge in [-0.3, -0.25) is 4.90 Å². The van der Waals surface area contributed by atoms with Crippen molar-refractivity contribution in [2.45, 2.75) is 13.5 Å². The van der Waals surface area contributed by atoms with Gasteiger partial charge >= 0.3 is 0 Å².